The van der Waals surface area contributed by atoms with Gasteiger partial charge in [0.25, 0.3) is 6.01 Å². The number of anilines is 1. The first-order valence-corrected chi connectivity index (χ1v) is 4.76. The molecule has 16 heavy (non-hydrogen) atoms. The summed E-state index contributed by atoms with van der Waals surface area (Å²) in [4.78, 5) is 16.2. The number of hydrogen-bond acceptors (Lipinski definition) is 4. The third kappa shape index (κ3) is 2.54. The second-order valence-electron chi connectivity index (χ2n) is 4.28. The van der Waals surface area contributed by atoms with E-state index < -0.39 is 5.97 Å². The molecule has 1 rings (SSSR count). The molecule has 0 saturated heterocycles. The Morgan fingerprint density at radius 3 is 2.69 bits per heavy atom. The Balaban J connectivity index is 3.03. The number of hydrogen-bond donors (Lipinski definition) is 1. The third-order valence-corrected chi connectivity index (χ3v) is 2.00. The van der Waals surface area contributed by atoms with Crippen LogP contribution in [0, 0.1) is 12.3 Å². The number of aromatic nitrogens is 1. The Bertz CT molecular complexity index is 423. The van der Waals surface area contributed by atoms with Gasteiger partial charge in [0.2, 0.25) is 0 Å². The molecule has 0 atom stereocenters. The molecule has 1 aromatic heterocycles. The molecule has 0 fully saturated rings. The fourth-order valence-electron chi connectivity index (χ4n) is 1.17. The fourth-order valence-corrected chi connectivity index (χ4v) is 1.17. The van der Waals surface area contributed by atoms with Crippen molar-refractivity contribution in [2.45, 2.75) is 26.3 Å². The van der Waals surface area contributed by atoms with Gasteiger partial charge in [-0.1, -0.05) is 5.92 Å². The van der Waals surface area contributed by atoms with Gasteiger partial charge in [-0.3, -0.25) is 0 Å². The molecule has 1 N–H and O–H groups in total. The maximum Gasteiger partial charge on any atom is 0.357 e. The zero-order valence-electron chi connectivity index (χ0n) is 9.52. The monoisotopic (exact) mass is 222 g/mol. The quantitative estimate of drug-likeness (QED) is 0.787. The lowest BCUT2D eigenvalue weighted by Gasteiger charge is -2.32. The number of aromatic carboxylic acids is 1. The topological polar surface area (TPSA) is 66.6 Å². The lowest BCUT2D eigenvalue weighted by atomic mass is 10.1. The summed E-state index contributed by atoms with van der Waals surface area (Å²) in [6.07, 6.45) is 6.36. The number of carboxylic acids is 1. The van der Waals surface area contributed by atoms with Crippen LogP contribution in [-0.4, -0.2) is 28.1 Å². The van der Waals surface area contributed by atoms with Gasteiger partial charge < -0.3 is 14.4 Å². The predicted octanol–water partition coefficient (Wildman–Crippen LogP) is 1.61. The zero-order chi connectivity index (χ0) is 12.3. The van der Waals surface area contributed by atoms with Crippen LogP contribution in [0.4, 0.5) is 6.01 Å². The summed E-state index contributed by atoms with van der Waals surface area (Å²) in [7, 11) is 0. The minimum atomic E-state index is -1.12. The van der Waals surface area contributed by atoms with E-state index in [1.54, 1.807) is 4.90 Å². The van der Waals surface area contributed by atoms with Crippen LogP contribution in [-0.2, 0) is 0 Å². The van der Waals surface area contributed by atoms with Gasteiger partial charge in [-0.15, -0.1) is 6.42 Å². The van der Waals surface area contributed by atoms with Crippen molar-refractivity contribution in [1.29, 1.82) is 0 Å². The highest BCUT2D eigenvalue weighted by molar-refractivity contribution is 5.85. The van der Waals surface area contributed by atoms with Crippen LogP contribution in [0.2, 0.25) is 0 Å². The van der Waals surface area contributed by atoms with Gasteiger partial charge in [0.1, 0.15) is 6.26 Å². The van der Waals surface area contributed by atoms with Gasteiger partial charge in [0.15, 0.2) is 5.69 Å². The van der Waals surface area contributed by atoms with E-state index in [1.807, 2.05) is 20.8 Å². The van der Waals surface area contributed by atoms with Crippen molar-refractivity contribution in [3.8, 4) is 12.3 Å². The molecule has 0 unspecified atom stereocenters. The van der Waals surface area contributed by atoms with Gasteiger partial charge >= 0.3 is 5.97 Å². The molecule has 0 aliphatic rings. The van der Waals surface area contributed by atoms with E-state index >= 15 is 0 Å². The van der Waals surface area contributed by atoms with Gasteiger partial charge in [0.05, 0.1) is 6.54 Å². The second-order valence-corrected chi connectivity index (χ2v) is 4.28. The maximum atomic E-state index is 10.7. The number of rotatable bonds is 3. The van der Waals surface area contributed by atoms with Crippen molar-refractivity contribution in [2.24, 2.45) is 0 Å². The van der Waals surface area contributed by atoms with Gasteiger partial charge in [-0.25, -0.2) is 4.79 Å². The normalized spacial score (nSPS) is 10.9. The van der Waals surface area contributed by atoms with Crippen molar-refractivity contribution >= 4 is 12.0 Å². The van der Waals surface area contributed by atoms with Crippen molar-refractivity contribution in [1.82, 2.24) is 4.98 Å². The number of nitrogens with zero attached hydrogens (tertiary/aromatic N) is 2. The first kappa shape index (κ1) is 12.1. The van der Waals surface area contributed by atoms with Gasteiger partial charge in [-0.2, -0.15) is 4.98 Å². The summed E-state index contributed by atoms with van der Waals surface area (Å²) in [5.74, 6) is 1.37. The molecule has 0 aromatic carbocycles. The molecule has 0 aliphatic heterocycles. The van der Waals surface area contributed by atoms with E-state index in [4.69, 9.17) is 15.9 Å². The molecule has 0 amide bonds. The highest BCUT2D eigenvalue weighted by Gasteiger charge is 2.25. The lowest BCUT2D eigenvalue weighted by Crippen LogP contribution is -2.42. The van der Waals surface area contributed by atoms with Gasteiger partial charge in [-0.05, 0) is 20.8 Å². The minimum absolute atomic E-state index is 0.124. The average molecular weight is 222 g/mol. The summed E-state index contributed by atoms with van der Waals surface area (Å²) in [5, 5.41) is 8.73. The Labute approximate surface area is 94.1 Å². The maximum absolute atomic E-state index is 10.7. The molecule has 5 heteroatoms. The largest absolute Gasteiger partial charge is 0.476 e. The summed E-state index contributed by atoms with van der Waals surface area (Å²) in [6, 6.07) is 0.225. The van der Waals surface area contributed by atoms with Crippen molar-refractivity contribution < 1.29 is 14.3 Å². The smallest absolute Gasteiger partial charge is 0.357 e. The first-order chi connectivity index (χ1) is 7.36. The Morgan fingerprint density at radius 2 is 2.31 bits per heavy atom. The number of oxazole rings is 1. The van der Waals surface area contributed by atoms with E-state index in [1.165, 1.54) is 0 Å². The van der Waals surface area contributed by atoms with Crippen LogP contribution in [0.1, 0.15) is 31.3 Å². The van der Waals surface area contributed by atoms with Crippen LogP contribution in [0.25, 0.3) is 0 Å². The molecule has 0 saturated carbocycles. The highest BCUT2D eigenvalue weighted by atomic mass is 16.4. The second kappa shape index (κ2) is 4.27. The zero-order valence-corrected chi connectivity index (χ0v) is 9.52. The predicted molar refractivity (Wildman–Crippen MR) is 59.4 cm³/mol. The molecule has 1 heterocycles. The molecular weight excluding hydrogens is 208 g/mol. The Morgan fingerprint density at radius 1 is 1.69 bits per heavy atom. The van der Waals surface area contributed by atoms with Gasteiger partial charge in [0, 0.05) is 5.54 Å². The van der Waals surface area contributed by atoms with E-state index in [9.17, 15) is 4.79 Å². The summed E-state index contributed by atoms with van der Waals surface area (Å²) in [6.45, 7) is 6.13. The van der Waals surface area contributed by atoms with Crippen molar-refractivity contribution in [3.05, 3.63) is 12.0 Å². The highest BCUT2D eigenvalue weighted by Crippen LogP contribution is 2.22. The average Bonchev–Trinajstić information content (AvgIpc) is 2.60. The van der Waals surface area contributed by atoms with Crippen LogP contribution >= 0.6 is 0 Å². The standard InChI is InChI=1S/C11H14N2O3/c1-5-6-13(11(2,3)4)10-12-8(7-16-10)9(14)15/h1,7H,6H2,2-4H3,(H,14,15). The number of carbonyl (C=O) groups is 1. The van der Waals surface area contributed by atoms with Crippen LogP contribution in [0.3, 0.4) is 0 Å². The molecule has 0 aliphatic carbocycles. The molecule has 1 aromatic rings. The number of carboxylic acid groups (broad SMARTS) is 1. The molecule has 0 bridgehead atoms. The molecular formula is C11H14N2O3. The minimum Gasteiger partial charge on any atom is -0.476 e. The first-order valence-electron chi connectivity index (χ1n) is 4.76. The van der Waals surface area contributed by atoms with Crippen LogP contribution in [0.5, 0.6) is 0 Å². The SMILES string of the molecule is C#CCN(c1nc(C(=O)O)co1)C(C)(C)C. The van der Waals surface area contributed by atoms with Crippen molar-refractivity contribution in [3.63, 3.8) is 0 Å². The van der Waals surface area contributed by atoms with E-state index in [-0.39, 0.29) is 17.2 Å². The fraction of sp³-hybridized carbons (Fsp3) is 0.455. The van der Waals surface area contributed by atoms with E-state index in [2.05, 4.69) is 10.9 Å². The van der Waals surface area contributed by atoms with Crippen LogP contribution < -0.4 is 4.90 Å². The summed E-state index contributed by atoms with van der Waals surface area (Å²) in [5.41, 5.74) is -0.409. The third-order valence-electron chi connectivity index (χ3n) is 2.00. The van der Waals surface area contributed by atoms with Crippen molar-refractivity contribution in [2.75, 3.05) is 11.4 Å². The summed E-state index contributed by atoms with van der Waals surface area (Å²) < 4.78 is 5.11. The Kier molecular flexibility index (Phi) is 3.23. The van der Waals surface area contributed by atoms with Crippen LogP contribution in [0.15, 0.2) is 10.7 Å². The number of terminal acetylenes is 1. The lowest BCUT2D eigenvalue weighted by molar-refractivity contribution is 0.0690. The Hall–Kier alpha value is -1.96. The molecule has 0 spiro atoms. The molecule has 5 nitrogen and oxygen atoms in total. The summed E-state index contributed by atoms with van der Waals surface area (Å²) >= 11 is 0. The molecule has 86 valence electrons. The molecule has 0 radical (unpaired) electrons. The van der Waals surface area contributed by atoms with E-state index in [0.29, 0.717) is 6.54 Å². The van der Waals surface area contributed by atoms with E-state index in [0.717, 1.165) is 6.26 Å².